The van der Waals surface area contributed by atoms with Gasteiger partial charge in [0.05, 0.1) is 24.9 Å². The number of allylic oxidation sites excluding steroid dienone is 1. The number of pyridine rings is 1. The van der Waals surface area contributed by atoms with Crippen molar-refractivity contribution in [2.75, 3.05) is 13.7 Å². The Morgan fingerprint density at radius 1 is 1.09 bits per heavy atom. The quantitative estimate of drug-likeness (QED) is 0.182. The summed E-state index contributed by atoms with van der Waals surface area (Å²) in [6, 6.07) is 5.36. The number of nitrogens with two attached hydrogens (primary N) is 1. The first-order valence-electron chi connectivity index (χ1n) is 19.9. The lowest BCUT2D eigenvalue weighted by atomic mass is 10.0. The van der Waals surface area contributed by atoms with Gasteiger partial charge in [0.25, 0.3) is 5.91 Å². The fraction of sp³-hybridized carbons (Fsp3) is 0.500. The maximum absolute atomic E-state index is 14.7. The van der Waals surface area contributed by atoms with Crippen molar-refractivity contribution in [1.29, 1.82) is 0 Å². The maximum Gasteiger partial charge on any atom is 0.272 e. The average molecular weight is 797 g/mol. The monoisotopic (exact) mass is 796 g/mol. The van der Waals surface area contributed by atoms with Gasteiger partial charge in [-0.05, 0) is 70.6 Å². The molecular formula is C42H52N8O6S. The predicted octanol–water partition coefficient (Wildman–Crippen LogP) is 5.60. The topological polar surface area (TPSA) is 184 Å². The lowest BCUT2D eigenvalue weighted by molar-refractivity contribution is -0.141. The van der Waals surface area contributed by atoms with Gasteiger partial charge in [-0.25, -0.2) is 9.97 Å². The Balaban J connectivity index is 1.24. The minimum absolute atomic E-state index is 0.0508. The van der Waals surface area contributed by atoms with E-state index in [-0.39, 0.29) is 36.5 Å². The Kier molecular flexibility index (Phi) is 11.4. The minimum Gasteiger partial charge on any atom is -0.496 e. The van der Waals surface area contributed by atoms with Crippen LogP contribution in [-0.2, 0) is 14.4 Å². The molecule has 14 nitrogen and oxygen atoms in total. The summed E-state index contributed by atoms with van der Waals surface area (Å²) in [6.07, 6.45) is 9.12. The molecule has 0 bridgehead atoms. The van der Waals surface area contributed by atoms with E-state index in [4.69, 9.17) is 25.2 Å². The number of benzene rings is 1. The third kappa shape index (κ3) is 8.12. The van der Waals surface area contributed by atoms with Crippen molar-refractivity contribution in [1.82, 2.24) is 35.3 Å². The van der Waals surface area contributed by atoms with Crippen molar-refractivity contribution < 1.29 is 28.7 Å². The van der Waals surface area contributed by atoms with Gasteiger partial charge in [-0.1, -0.05) is 38.8 Å². The fourth-order valence-corrected chi connectivity index (χ4v) is 8.77. The summed E-state index contributed by atoms with van der Waals surface area (Å²) in [5, 5.41) is 13.8. The van der Waals surface area contributed by atoms with Crippen molar-refractivity contribution in [3.63, 3.8) is 0 Å². The van der Waals surface area contributed by atoms with E-state index in [0.717, 1.165) is 40.9 Å². The van der Waals surface area contributed by atoms with Crippen molar-refractivity contribution in [3.8, 4) is 22.2 Å². The number of hydrogen-bond acceptors (Lipinski definition) is 10. The number of nitrogens with one attached hydrogen (secondary N) is 2. The zero-order chi connectivity index (χ0) is 40.6. The number of nitrogens with zero attached hydrogens (tertiary/aromatic N) is 5. The number of ether oxygens (including phenoxy) is 2. The van der Waals surface area contributed by atoms with Crippen LogP contribution in [-0.4, -0.2) is 85.7 Å². The van der Waals surface area contributed by atoms with Crippen LogP contribution in [0, 0.1) is 12.8 Å². The van der Waals surface area contributed by atoms with Gasteiger partial charge < -0.3 is 30.7 Å². The Labute approximate surface area is 336 Å². The molecule has 4 N–H and O–H groups in total. The van der Waals surface area contributed by atoms with Gasteiger partial charge in [0.2, 0.25) is 17.7 Å². The largest absolute Gasteiger partial charge is 0.496 e. The molecule has 0 radical (unpaired) electrons. The Bertz CT molecular complexity index is 2210. The molecule has 57 heavy (non-hydrogen) atoms. The standard InChI is InChI=1S/C42H52N8O6S/c1-23(2)32-22-57-39(46-32)31-19-35(28-14-15-34(55-6)25(5)36(28)44-31)56-27-18-33-38(52)47-42(41(43)54)20-26(42)12-10-8-7-9-11-13-30(40(53)49(33)21-27)45-37(51)29-16-17-50(48-29)24(3)4/h10,12,14-17,19,22-24,26-27,30,33H,7-9,11,13,18,20-21H2,1-6H3,(H2,43,54)(H,45,51)(H,47,52)/b12-10-/t26-,27-,30+,33+,42-/m1/s1. The highest BCUT2D eigenvalue weighted by Crippen LogP contribution is 2.45. The number of aromatic nitrogens is 4. The number of aryl methyl sites for hydroxylation is 1. The molecule has 4 aromatic rings. The van der Waals surface area contributed by atoms with Crippen LogP contribution < -0.4 is 25.8 Å². The second kappa shape index (κ2) is 16.3. The van der Waals surface area contributed by atoms with Crippen molar-refractivity contribution in [2.45, 2.75) is 115 Å². The number of amides is 4. The molecule has 1 saturated heterocycles. The fourth-order valence-electron chi connectivity index (χ4n) is 7.83. The van der Waals surface area contributed by atoms with Crippen LogP contribution in [0.25, 0.3) is 21.6 Å². The van der Waals surface area contributed by atoms with Crippen molar-refractivity contribution in [3.05, 3.63) is 64.9 Å². The summed E-state index contributed by atoms with van der Waals surface area (Å²) >= 11 is 1.50. The third-order valence-corrected chi connectivity index (χ3v) is 12.2. The van der Waals surface area contributed by atoms with E-state index in [1.807, 2.05) is 56.5 Å². The summed E-state index contributed by atoms with van der Waals surface area (Å²) < 4.78 is 14.1. The van der Waals surface area contributed by atoms with Crippen LogP contribution in [0.4, 0.5) is 0 Å². The lowest BCUT2D eigenvalue weighted by Gasteiger charge is -2.29. The highest BCUT2D eigenvalue weighted by Gasteiger charge is 2.60. The van der Waals surface area contributed by atoms with Gasteiger partial charge in [0, 0.05) is 47.0 Å². The van der Waals surface area contributed by atoms with Crippen LogP contribution in [0.5, 0.6) is 11.5 Å². The molecule has 1 aliphatic carbocycles. The lowest BCUT2D eigenvalue weighted by Crippen LogP contribution is -2.57. The van der Waals surface area contributed by atoms with E-state index in [1.165, 1.54) is 16.2 Å². The van der Waals surface area contributed by atoms with E-state index < -0.39 is 47.4 Å². The van der Waals surface area contributed by atoms with E-state index >= 15 is 0 Å². The summed E-state index contributed by atoms with van der Waals surface area (Å²) in [5.74, 6) is -0.788. The molecule has 1 aromatic carbocycles. The third-order valence-electron chi connectivity index (χ3n) is 11.3. The van der Waals surface area contributed by atoms with Crippen LogP contribution in [0.2, 0.25) is 0 Å². The second-order valence-electron chi connectivity index (χ2n) is 16.0. The first kappa shape index (κ1) is 39.9. The number of rotatable bonds is 9. The molecule has 0 unspecified atom stereocenters. The first-order valence-corrected chi connectivity index (χ1v) is 20.7. The average Bonchev–Trinajstić information content (AvgIpc) is 3.64. The smallest absolute Gasteiger partial charge is 0.272 e. The predicted molar refractivity (Wildman–Crippen MR) is 217 cm³/mol. The van der Waals surface area contributed by atoms with Crippen LogP contribution >= 0.6 is 11.3 Å². The van der Waals surface area contributed by atoms with E-state index in [1.54, 1.807) is 24.1 Å². The number of methoxy groups -OCH3 is 1. The Morgan fingerprint density at radius 2 is 1.89 bits per heavy atom. The van der Waals surface area contributed by atoms with E-state index in [0.29, 0.717) is 42.0 Å². The highest BCUT2D eigenvalue weighted by atomic mass is 32.1. The molecule has 5 atom stereocenters. The molecule has 15 heteroatoms. The number of carbonyl (C=O) groups is 4. The van der Waals surface area contributed by atoms with Gasteiger partial charge in [-0.2, -0.15) is 5.10 Å². The normalized spacial score (nSPS) is 24.7. The zero-order valence-electron chi connectivity index (χ0n) is 33.4. The van der Waals surface area contributed by atoms with Crippen LogP contribution in [0.15, 0.2) is 48.0 Å². The summed E-state index contributed by atoms with van der Waals surface area (Å²) in [5.41, 5.74) is 7.98. The van der Waals surface area contributed by atoms with Crippen LogP contribution in [0.3, 0.4) is 0 Å². The van der Waals surface area contributed by atoms with Gasteiger partial charge in [-0.15, -0.1) is 11.3 Å². The molecule has 3 aromatic heterocycles. The molecule has 302 valence electrons. The number of thiazole rings is 1. The van der Waals surface area contributed by atoms with Gasteiger partial charge >= 0.3 is 0 Å². The van der Waals surface area contributed by atoms with E-state index in [2.05, 4.69) is 29.6 Å². The van der Waals surface area contributed by atoms with E-state index in [9.17, 15) is 19.2 Å². The number of carbonyl (C=O) groups excluding carboxylic acids is 4. The second-order valence-corrected chi connectivity index (χ2v) is 16.9. The molecular weight excluding hydrogens is 745 g/mol. The van der Waals surface area contributed by atoms with Gasteiger partial charge in [0.1, 0.15) is 51.6 Å². The summed E-state index contributed by atoms with van der Waals surface area (Å²) in [6.45, 7) is 10.1. The highest BCUT2D eigenvalue weighted by molar-refractivity contribution is 7.13. The molecule has 2 fully saturated rings. The van der Waals surface area contributed by atoms with Crippen molar-refractivity contribution >= 4 is 45.9 Å². The zero-order valence-corrected chi connectivity index (χ0v) is 34.2. The maximum atomic E-state index is 14.7. The minimum atomic E-state index is -1.24. The molecule has 5 heterocycles. The number of primary amides is 1. The SMILES string of the molecule is COc1ccc2c(O[C@@H]3C[C@H]4C(=O)N[C@]5(C(N)=O)C[C@H]5/C=C\CCCCC[C@H](NC(=O)c5ccn(C(C)C)n5)C(=O)N4C3)cc(-c3nc(C(C)C)cs3)nc2c1C. The first-order chi connectivity index (χ1) is 27.3. The summed E-state index contributed by atoms with van der Waals surface area (Å²) in [4.78, 5) is 66.9. The molecule has 0 spiro atoms. The Morgan fingerprint density at radius 3 is 2.60 bits per heavy atom. The summed E-state index contributed by atoms with van der Waals surface area (Å²) in [7, 11) is 1.61. The van der Waals surface area contributed by atoms with Crippen LogP contribution in [0.1, 0.15) is 106 Å². The molecule has 3 aliphatic rings. The molecule has 1 saturated carbocycles. The molecule has 7 rings (SSSR count). The molecule has 2 aliphatic heterocycles. The molecule has 4 amide bonds. The number of hydrogen-bond donors (Lipinski definition) is 3. The van der Waals surface area contributed by atoms with Gasteiger partial charge in [-0.3, -0.25) is 23.9 Å². The van der Waals surface area contributed by atoms with Crippen molar-refractivity contribution in [2.24, 2.45) is 11.7 Å². The van der Waals surface area contributed by atoms with Gasteiger partial charge in [0.15, 0.2) is 0 Å². The Hall–Kier alpha value is -5.31. The number of fused-ring (bicyclic) bond motifs is 3.